The molecule has 0 aromatic heterocycles. The molecule has 0 N–H and O–H groups in total. The fourth-order valence-corrected chi connectivity index (χ4v) is 5.22. The Morgan fingerprint density at radius 3 is 3.05 bits per heavy atom. The summed E-state index contributed by atoms with van der Waals surface area (Å²) >= 11 is 0. The Hall–Kier alpha value is -1.84. The van der Waals surface area contributed by atoms with Crippen molar-refractivity contribution >= 4 is 12.2 Å². The number of piperidine rings is 1. The van der Waals surface area contributed by atoms with E-state index in [1.54, 1.807) is 7.11 Å². The summed E-state index contributed by atoms with van der Waals surface area (Å²) in [6.45, 7) is 0.745. The Bertz CT molecular complexity index is 641. The van der Waals surface area contributed by atoms with E-state index in [0.29, 0.717) is 24.5 Å². The van der Waals surface area contributed by atoms with Gasteiger partial charge in [-0.2, -0.15) is 0 Å². The Kier molecular flexibility index (Phi) is 3.03. The van der Waals surface area contributed by atoms with Crippen LogP contribution in [0.3, 0.4) is 0 Å². The van der Waals surface area contributed by atoms with Gasteiger partial charge in [-0.25, -0.2) is 0 Å². The average molecular weight is 299 g/mol. The first-order valence-corrected chi connectivity index (χ1v) is 8.09. The van der Waals surface area contributed by atoms with Crippen LogP contribution in [0.4, 0.5) is 0 Å². The van der Waals surface area contributed by atoms with Gasteiger partial charge in [0.2, 0.25) is 6.41 Å². The SMILES string of the molecule is COc1cccc2c1C13CCN(C=O)C(C2)C1CCC(=O)C3. The van der Waals surface area contributed by atoms with Crippen LogP contribution in [0.25, 0.3) is 0 Å². The second kappa shape index (κ2) is 4.83. The smallest absolute Gasteiger partial charge is 0.209 e. The van der Waals surface area contributed by atoms with Crippen LogP contribution < -0.4 is 4.74 Å². The van der Waals surface area contributed by atoms with E-state index >= 15 is 0 Å². The largest absolute Gasteiger partial charge is 0.496 e. The summed E-state index contributed by atoms with van der Waals surface area (Å²) in [6, 6.07) is 6.39. The van der Waals surface area contributed by atoms with E-state index < -0.39 is 0 Å². The first-order chi connectivity index (χ1) is 10.7. The second-order valence-electron chi connectivity index (χ2n) is 6.88. The maximum atomic E-state index is 12.2. The third-order valence-electron chi connectivity index (χ3n) is 6.06. The lowest BCUT2D eigenvalue weighted by Crippen LogP contribution is -2.61. The number of nitrogens with zero attached hydrogens (tertiary/aromatic N) is 1. The van der Waals surface area contributed by atoms with Gasteiger partial charge in [-0.3, -0.25) is 9.59 Å². The molecule has 3 aliphatic rings. The van der Waals surface area contributed by atoms with Crippen LogP contribution in [0.5, 0.6) is 5.75 Å². The lowest BCUT2D eigenvalue weighted by atomic mass is 9.52. The second-order valence-corrected chi connectivity index (χ2v) is 6.88. The number of benzene rings is 1. The van der Waals surface area contributed by atoms with Crippen molar-refractivity contribution < 1.29 is 14.3 Å². The molecule has 4 heteroatoms. The van der Waals surface area contributed by atoms with Gasteiger partial charge in [-0.15, -0.1) is 0 Å². The van der Waals surface area contributed by atoms with Gasteiger partial charge < -0.3 is 9.64 Å². The van der Waals surface area contributed by atoms with Gasteiger partial charge in [0.15, 0.2) is 0 Å². The van der Waals surface area contributed by atoms with Crippen LogP contribution in [0.1, 0.15) is 36.8 Å². The van der Waals surface area contributed by atoms with Crippen LogP contribution >= 0.6 is 0 Å². The van der Waals surface area contributed by atoms with Crippen molar-refractivity contribution in [2.75, 3.05) is 13.7 Å². The van der Waals surface area contributed by atoms with E-state index in [9.17, 15) is 9.59 Å². The number of Topliss-reactive ketones (excluding diaryl/α,β-unsaturated/α-hetero) is 1. The number of carbonyl (C=O) groups excluding carboxylic acids is 2. The summed E-state index contributed by atoms with van der Waals surface area (Å²) in [7, 11) is 1.71. The van der Waals surface area contributed by atoms with Crippen LogP contribution in [-0.4, -0.2) is 36.8 Å². The molecule has 3 atom stereocenters. The summed E-state index contributed by atoms with van der Waals surface area (Å²) in [6.07, 6.45) is 4.90. The summed E-state index contributed by atoms with van der Waals surface area (Å²) in [5, 5.41) is 0. The molecule has 1 heterocycles. The van der Waals surface area contributed by atoms with Crippen LogP contribution in [0.2, 0.25) is 0 Å². The van der Waals surface area contributed by atoms with Gasteiger partial charge in [0.25, 0.3) is 0 Å². The predicted molar refractivity (Wildman–Crippen MR) is 81.9 cm³/mol. The average Bonchev–Trinajstić information content (AvgIpc) is 2.53. The molecule has 2 aliphatic carbocycles. The number of methoxy groups -OCH3 is 1. The fraction of sp³-hybridized carbons (Fsp3) is 0.556. The Morgan fingerprint density at radius 2 is 2.27 bits per heavy atom. The maximum Gasteiger partial charge on any atom is 0.209 e. The van der Waals surface area contributed by atoms with Crippen LogP contribution in [-0.2, 0) is 21.4 Å². The topological polar surface area (TPSA) is 46.6 Å². The van der Waals surface area contributed by atoms with Gasteiger partial charge in [0, 0.05) is 36.4 Å². The molecule has 1 saturated heterocycles. The number of ether oxygens (including phenoxy) is 1. The number of hydrogen-bond donors (Lipinski definition) is 0. The third kappa shape index (κ3) is 1.70. The quantitative estimate of drug-likeness (QED) is 0.786. The molecule has 2 fully saturated rings. The van der Waals surface area contributed by atoms with Crippen molar-refractivity contribution in [2.24, 2.45) is 5.92 Å². The van der Waals surface area contributed by atoms with Crippen molar-refractivity contribution in [3.8, 4) is 5.75 Å². The number of carbonyl (C=O) groups is 2. The van der Waals surface area contributed by atoms with Crippen LogP contribution in [0, 0.1) is 5.92 Å². The number of amides is 1. The van der Waals surface area contributed by atoms with Crippen molar-refractivity contribution in [3.63, 3.8) is 0 Å². The minimum Gasteiger partial charge on any atom is -0.496 e. The lowest BCUT2D eigenvalue weighted by molar-refractivity contribution is -0.132. The van der Waals surface area contributed by atoms with Crippen molar-refractivity contribution in [3.05, 3.63) is 29.3 Å². The highest BCUT2D eigenvalue weighted by Gasteiger charge is 2.56. The van der Waals surface area contributed by atoms with Crippen molar-refractivity contribution in [1.82, 2.24) is 4.90 Å². The summed E-state index contributed by atoms with van der Waals surface area (Å²) in [5.41, 5.74) is 2.37. The summed E-state index contributed by atoms with van der Waals surface area (Å²) < 4.78 is 5.64. The number of rotatable bonds is 2. The number of hydrogen-bond acceptors (Lipinski definition) is 3. The standard InChI is InChI=1S/C18H21NO3/c1-22-16-4-2-3-12-9-15-14-6-5-13(21)10-18(14,17(12)16)7-8-19(15)11-20/h2-4,11,14-15H,5-10H2,1H3. The molecule has 4 nitrogen and oxygen atoms in total. The van der Waals surface area contributed by atoms with Gasteiger partial charge in [-0.1, -0.05) is 12.1 Å². The minimum absolute atomic E-state index is 0.125. The molecule has 116 valence electrons. The third-order valence-corrected chi connectivity index (χ3v) is 6.06. The van der Waals surface area contributed by atoms with E-state index in [1.807, 2.05) is 17.0 Å². The molecule has 1 saturated carbocycles. The van der Waals surface area contributed by atoms with E-state index in [4.69, 9.17) is 4.74 Å². The van der Waals surface area contributed by atoms with E-state index in [-0.39, 0.29) is 11.5 Å². The molecule has 0 spiro atoms. The zero-order chi connectivity index (χ0) is 15.3. The maximum absolute atomic E-state index is 12.2. The Labute approximate surface area is 130 Å². The Morgan fingerprint density at radius 1 is 1.41 bits per heavy atom. The highest BCUT2D eigenvalue weighted by atomic mass is 16.5. The molecule has 1 amide bonds. The normalized spacial score (nSPS) is 33.0. The molecule has 1 aliphatic heterocycles. The number of likely N-dealkylation sites (tertiary alicyclic amines) is 1. The lowest BCUT2D eigenvalue weighted by Gasteiger charge is -2.57. The first kappa shape index (κ1) is 13.8. The van der Waals surface area contributed by atoms with E-state index in [1.165, 1.54) is 11.1 Å². The first-order valence-electron chi connectivity index (χ1n) is 8.09. The highest BCUT2D eigenvalue weighted by Crippen LogP contribution is 2.56. The summed E-state index contributed by atoms with van der Waals surface area (Å²) in [5.74, 6) is 1.65. The zero-order valence-electron chi connectivity index (χ0n) is 12.9. The molecular formula is C18H21NO3. The van der Waals surface area contributed by atoms with Gasteiger partial charge in [-0.05, 0) is 36.8 Å². The van der Waals surface area contributed by atoms with Gasteiger partial charge >= 0.3 is 0 Å². The molecule has 0 radical (unpaired) electrons. The minimum atomic E-state index is -0.125. The van der Waals surface area contributed by atoms with Crippen molar-refractivity contribution in [2.45, 2.75) is 43.6 Å². The summed E-state index contributed by atoms with van der Waals surface area (Å²) in [4.78, 5) is 25.7. The molecular weight excluding hydrogens is 278 g/mol. The monoisotopic (exact) mass is 299 g/mol. The number of ketones is 1. The molecule has 22 heavy (non-hydrogen) atoms. The van der Waals surface area contributed by atoms with Crippen LogP contribution in [0.15, 0.2) is 18.2 Å². The zero-order valence-corrected chi connectivity index (χ0v) is 12.9. The fourth-order valence-electron chi connectivity index (χ4n) is 5.22. The molecule has 4 rings (SSSR count). The van der Waals surface area contributed by atoms with Gasteiger partial charge in [0.1, 0.15) is 11.5 Å². The molecule has 2 bridgehead atoms. The molecule has 3 unspecified atom stereocenters. The van der Waals surface area contributed by atoms with Gasteiger partial charge in [0.05, 0.1) is 7.11 Å². The number of fused-ring (bicyclic) bond motifs is 1. The molecule has 1 aromatic carbocycles. The van der Waals surface area contributed by atoms with E-state index in [2.05, 4.69) is 6.07 Å². The van der Waals surface area contributed by atoms with E-state index in [0.717, 1.165) is 38.0 Å². The Balaban J connectivity index is 1.93. The predicted octanol–water partition coefficient (Wildman–Crippen LogP) is 2.09. The molecule has 1 aromatic rings. The van der Waals surface area contributed by atoms with Crippen molar-refractivity contribution in [1.29, 1.82) is 0 Å². The highest BCUT2D eigenvalue weighted by molar-refractivity contribution is 5.82.